The Balaban J connectivity index is 1.74. The van der Waals surface area contributed by atoms with Crippen LogP contribution in [-0.2, 0) is 11.2 Å². The minimum Gasteiger partial charge on any atom is -0.441 e. The van der Waals surface area contributed by atoms with Crippen molar-refractivity contribution in [1.29, 1.82) is 0 Å². The lowest BCUT2D eigenvalue weighted by Crippen LogP contribution is -2.12. The molecule has 0 fully saturated rings. The van der Waals surface area contributed by atoms with Gasteiger partial charge in [-0.1, -0.05) is 41.4 Å². The molecule has 0 amide bonds. The SMILES string of the molecule is Cc1oc(-c2ccccc2)nc1CC(=O)Oc1ccc(Cl)cc1Cl. The molecule has 0 saturated carbocycles. The molecule has 0 N–H and O–H groups in total. The molecule has 2 aromatic carbocycles. The molecule has 1 heterocycles. The molecule has 0 aliphatic heterocycles. The van der Waals surface area contributed by atoms with Gasteiger partial charge >= 0.3 is 5.97 Å². The van der Waals surface area contributed by atoms with Crippen LogP contribution in [0.3, 0.4) is 0 Å². The predicted octanol–water partition coefficient (Wildman–Crippen LogP) is 5.10. The van der Waals surface area contributed by atoms with Crippen LogP contribution in [0.4, 0.5) is 0 Å². The van der Waals surface area contributed by atoms with Gasteiger partial charge in [-0.25, -0.2) is 4.98 Å². The van der Waals surface area contributed by atoms with E-state index in [9.17, 15) is 4.79 Å². The molecule has 0 unspecified atom stereocenters. The normalized spacial score (nSPS) is 10.6. The zero-order valence-corrected chi connectivity index (χ0v) is 14.3. The average Bonchev–Trinajstić information content (AvgIpc) is 2.92. The quantitative estimate of drug-likeness (QED) is 0.478. The van der Waals surface area contributed by atoms with E-state index >= 15 is 0 Å². The van der Waals surface area contributed by atoms with Crippen LogP contribution in [-0.4, -0.2) is 11.0 Å². The molecule has 0 atom stereocenters. The Hall–Kier alpha value is -2.30. The summed E-state index contributed by atoms with van der Waals surface area (Å²) in [5.74, 6) is 0.833. The van der Waals surface area contributed by atoms with E-state index in [1.807, 2.05) is 30.3 Å². The van der Waals surface area contributed by atoms with Gasteiger partial charge in [-0.3, -0.25) is 4.79 Å². The maximum Gasteiger partial charge on any atom is 0.317 e. The van der Waals surface area contributed by atoms with Gasteiger partial charge in [0.25, 0.3) is 0 Å². The van der Waals surface area contributed by atoms with Crippen LogP contribution in [0.5, 0.6) is 5.75 Å². The Morgan fingerprint density at radius 2 is 1.92 bits per heavy atom. The van der Waals surface area contributed by atoms with Gasteiger partial charge in [-0.05, 0) is 37.3 Å². The molecule has 122 valence electrons. The van der Waals surface area contributed by atoms with Gasteiger partial charge in [0.15, 0.2) is 0 Å². The molecule has 0 saturated heterocycles. The largest absolute Gasteiger partial charge is 0.441 e. The third-order valence-electron chi connectivity index (χ3n) is 3.34. The van der Waals surface area contributed by atoms with Crippen LogP contribution in [0.1, 0.15) is 11.5 Å². The van der Waals surface area contributed by atoms with E-state index < -0.39 is 5.97 Å². The van der Waals surface area contributed by atoms with Gasteiger partial charge in [0.1, 0.15) is 11.5 Å². The van der Waals surface area contributed by atoms with Gasteiger partial charge in [-0.15, -0.1) is 0 Å². The molecule has 3 rings (SSSR count). The fourth-order valence-electron chi connectivity index (χ4n) is 2.15. The maximum atomic E-state index is 12.1. The van der Waals surface area contributed by atoms with Crippen molar-refractivity contribution in [2.75, 3.05) is 0 Å². The summed E-state index contributed by atoms with van der Waals surface area (Å²) >= 11 is 11.8. The average molecular weight is 362 g/mol. The number of carbonyl (C=O) groups is 1. The molecule has 0 spiro atoms. The van der Waals surface area contributed by atoms with E-state index in [1.165, 1.54) is 6.07 Å². The van der Waals surface area contributed by atoms with Gasteiger partial charge < -0.3 is 9.15 Å². The van der Waals surface area contributed by atoms with E-state index in [0.29, 0.717) is 22.4 Å². The number of ether oxygens (including phenoxy) is 1. The topological polar surface area (TPSA) is 52.3 Å². The van der Waals surface area contributed by atoms with Crippen LogP contribution in [0, 0.1) is 6.92 Å². The molecular weight excluding hydrogens is 349 g/mol. The van der Waals surface area contributed by atoms with Crippen molar-refractivity contribution in [3.05, 3.63) is 70.0 Å². The first-order chi connectivity index (χ1) is 11.5. The lowest BCUT2D eigenvalue weighted by molar-refractivity contribution is -0.133. The number of esters is 1. The van der Waals surface area contributed by atoms with Crippen LogP contribution in [0.2, 0.25) is 10.0 Å². The summed E-state index contributed by atoms with van der Waals surface area (Å²) in [7, 11) is 0. The number of hydrogen-bond acceptors (Lipinski definition) is 4. The van der Waals surface area contributed by atoms with Gasteiger partial charge in [0.2, 0.25) is 5.89 Å². The molecule has 0 bridgehead atoms. The summed E-state index contributed by atoms with van der Waals surface area (Å²) in [6.07, 6.45) is -0.0128. The first-order valence-electron chi connectivity index (χ1n) is 7.20. The van der Waals surface area contributed by atoms with Crippen molar-refractivity contribution in [2.45, 2.75) is 13.3 Å². The monoisotopic (exact) mass is 361 g/mol. The summed E-state index contributed by atoms with van der Waals surface area (Å²) in [5.41, 5.74) is 1.38. The molecule has 6 heteroatoms. The van der Waals surface area contributed by atoms with Crippen molar-refractivity contribution in [1.82, 2.24) is 4.98 Å². The van der Waals surface area contributed by atoms with Crippen molar-refractivity contribution in [3.63, 3.8) is 0 Å². The molecule has 1 aromatic heterocycles. The van der Waals surface area contributed by atoms with Crippen LogP contribution in [0.15, 0.2) is 52.9 Å². The fourth-order valence-corrected chi connectivity index (χ4v) is 2.60. The molecule has 0 aliphatic rings. The summed E-state index contributed by atoms with van der Waals surface area (Å²) in [6, 6.07) is 14.1. The van der Waals surface area contributed by atoms with Crippen LogP contribution >= 0.6 is 23.2 Å². The van der Waals surface area contributed by atoms with Gasteiger partial charge in [-0.2, -0.15) is 0 Å². The van der Waals surface area contributed by atoms with Crippen molar-refractivity contribution >= 4 is 29.2 Å². The first-order valence-corrected chi connectivity index (χ1v) is 7.96. The van der Waals surface area contributed by atoms with E-state index in [0.717, 1.165) is 5.56 Å². The Morgan fingerprint density at radius 3 is 2.62 bits per heavy atom. The Bertz CT molecular complexity index is 875. The number of hydrogen-bond donors (Lipinski definition) is 0. The van der Waals surface area contributed by atoms with E-state index in [4.69, 9.17) is 32.4 Å². The number of carbonyl (C=O) groups excluding carboxylic acids is 1. The number of aryl methyl sites for hydroxylation is 1. The number of halogens is 2. The van der Waals surface area contributed by atoms with Gasteiger partial charge in [0.05, 0.1) is 17.1 Å². The standard InChI is InChI=1S/C18H13Cl2NO3/c1-11-15(21-18(23-11)12-5-3-2-4-6-12)10-17(22)24-16-8-7-13(19)9-14(16)20/h2-9H,10H2,1H3. The summed E-state index contributed by atoms with van der Waals surface area (Å²) < 4.78 is 10.9. The summed E-state index contributed by atoms with van der Waals surface area (Å²) in [4.78, 5) is 16.5. The smallest absolute Gasteiger partial charge is 0.317 e. The van der Waals surface area contributed by atoms with E-state index in [2.05, 4.69) is 4.98 Å². The third-order valence-corrected chi connectivity index (χ3v) is 3.87. The Labute approximate surface area is 149 Å². The third kappa shape index (κ3) is 3.78. The number of nitrogens with zero attached hydrogens (tertiary/aromatic N) is 1. The second-order valence-electron chi connectivity index (χ2n) is 5.11. The van der Waals surface area contributed by atoms with Crippen molar-refractivity contribution in [2.24, 2.45) is 0 Å². The number of oxazole rings is 1. The zero-order chi connectivity index (χ0) is 17.1. The molecule has 0 radical (unpaired) electrons. The molecule has 3 aromatic rings. The van der Waals surface area contributed by atoms with Crippen LogP contribution < -0.4 is 4.74 Å². The predicted molar refractivity (Wildman–Crippen MR) is 92.5 cm³/mol. The molecule has 0 aliphatic carbocycles. The maximum absolute atomic E-state index is 12.1. The zero-order valence-electron chi connectivity index (χ0n) is 12.8. The highest BCUT2D eigenvalue weighted by Crippen LogP contribution is 2.28. The molecule has 4 nitrogen and oxygen atoms in total. The van der Waals surface area contributed by atoms with Crippen molar-refractivity contribution in [3.8, 4) is 17.2 Å². The lowest BCUT2D eigenvalue weighted by atomic mass is 10.2. The summed E-state index contributed by atoms with van der Waals surface area (Å²) in [5, 5.41) is 0.748. The first kappa shape index (κ1) is 16.6. The highest BCUT2D eigenvalue weighted by molar-refractivity contribution is 6.35. The highest BCUT2D eigenvalue weighted by atomic mass is 35.5. The summed E-state index contributed by atoms with van der Waals surface area (Å²) in [6.45, 7) is 1.76. The number of benzene rings is 2. The van der Waals surface area contributed by atoms with E-state index in [-0.39, 0.29) is 17.2 Å². The van der Waals surface area contributed by atoms with Crippen LogP contribution in [0.25, 0.3) is 11.5 Å². The lowest BCUT2D eigenvalue weighted by Gasteiger charge is -2.05. The number of rotatable bonds is 4. The highest BCUT2D eigenvalue weighted by Gasteiger charge is 2.17. The van der Waals surface area contributed by atoms with Crippen molar-refractivity contribution < 1.29 is 13.9 Å². The minimum atomic E-state index is -0.477. The minimum absolute atomic E-state index is 0.0128. The molecular formula is C18H13Cl2NO3. The second-order valence-corrected chi connectivity index (χ2v) is 5.96. The number of aromatic nitrogens is 1. The van der Waals surface area contributed by atoms with E-state index in [1.54, 1.807) is 19.1 Å². The molecule has 24 heavy (non-hydrogen) atoms. The van der Waals surface area contributed by atoms with Gasteiger partial charge in [0, 0.05) is 10.6 Å². The second kappa shape index (κ2) is 7.07. The fraction of sp³-hybridized carbons (Fsp3) is 0.111. The Morgan fingerprint density at radius 1 is 1.17 bits per heavy atom. The Kier molecular flexibility index (Phi) is 4.88.